The lowest BCUT2D eigenvalue weighted by Crippen LogP contribution is -2.36. The second-order valence-electron chi connectivity index (χ2n) is 11.1. The maximum Gasteiger partial charge on any atom is 0.252 e. The van der Waals surface area contributed by atoms with E-state index in [1.165, 1.54) is 24.3 Å². The topological polar surface area (TPSA) is 98.0 Å². The van der Waals surface area contributed by atoms with Crippen molar-refractivity contribution in [3.63, 3.8) is 0 Å². The van der Waals surface area contributed by atoms with E-state index < -0.39 is 17.2 Å². The zero-order chi connectivity index (χ0) is 30.6. The van der Waals surface area contributed by atoms with Gasteiger partial charge < -0.3 is 9.73 Å². The summed E-state index contributed by atoms with van der Waals surface area (Å²) in [5, 5.41) is 4.02. The number of fused-ring (bicyclic) bond motifs is 2. The van der Waals surface area contributed by atoms with Gasteiger partial charge >= 0.3 is 0 Å². The number of furan rings is 1. The van der Waals surface area contributed by atoms with E-state index >= 15 is 4.39 Å². The highest BCUT2D eigenvalue weighted by atomic mass is 19.1. The van der Waals surface area contributed by atoms with E-state index in [2.05, 4.69) is 20.3 Å². The van der Waals surface area contributed by atoms with Crippen molar-refractivity contribution in [2.24, 2.45) is 0 Å². The van der Waals surface area contributed by atoms with Crippen molar-refractivity contribution in [2.45, 2.75) is 38.6 Å². The molecule has 44 heavy (non-hydrogen) atoms. The van der Waals surface area contributed by atoms with Gasteiger partial charge in [0.15, 0.2) is 11.6 Å². The van der Waals surface area contributed by atoms with E-state index in [1.807, 2.05) is 13.0 Å². The largest absolute Gasteiger partial charge is 0.455 e. The Morgan fingerprint density at radius 2 is 1.77 bits per heavy atom. The first-order valence-electron chi connectivity index (χ1n) is 14.3. The highest BCUT2D eigenvalue weighted by molar-refractivity contribution is 6.13. The number of nitrogens with zero attached hydrogens (tertiary/aromatic N) is 3. The number of amides is 1. The summed E-state index contributed by atoms with van der Waals surface area (Å²) >= 11 is 0. The van der Waals surface area contributed by atoms with Gasteiger partial charge in [-0.25, -0.2) is 18.7 Å². The molecule has 1 aliphatic carbocycles. The average Bonchev–Trinajstić information content (AvgIpc) is 3.72. The first-order valence-corrected chi connectivity index (χ1v) is 14.3. The molecule has 0 atom stereocenters. The fourth-order valence-corrected chi connectivity index (χ4v) is 5.58. The monoisotopic (exact) mass is 588 g/mol. The molecule has 0 radical (unpaired) electrons. The SMILES string of the molecule is CCC(=O)c1c(-c2ccc(F)cc2)oc2ccc(-c3cc(C(=O)NC4(c5ncc6ccncc6n5)CC4)ccc3C)c(F)c12. The van der Waals surface area contributed by atoms with Crippen molar-refractivity contribution in [3.8, 4) is 22.5 Å². The Morgan fingerprint density at radius 3 is 2.52 bits per heavy atom. The summed E-state index contributed by atoms with van der Waals surface area (Å²) in [6, 6.07) is 15.7. The predicted molar refractivity (Wildman–Crippen MR) is 162 cm³/mol. The van der Waals surface area contributed by atoms with Crippen LogP contribution >= 0.6 is 0 Å². The molecule has 7 nitrogen and oxygen atoms in total. The van der Waals surface area contributed by atoms with Crippen LogP contribution in [0.5, 0.6) is 0 Å². The van der Waals surface area contributed by atoms with Gasteiger partial charge in [0.05, 0.1) is 22.7 Å². The second-order valence-corrected chi connectivity index (χ2v) is 11.1. The van der Waals surface area contributed by atoms with E-state index in [-0.39, 0.29) is 46.0 Å². The molecule has 0 unspecified atom stereocenters. The number of pyridine rings is 1. The number of hydrogen-bond acceptors (Lipinski definition) is 6. The number of aromatic nitrogens is 3. The Labute approximate surface area is 251 Å². The summed E-state index contributed by atoms with van der Waals surface area (Å²) in [5.41, 5.74) is 2.64. The number of aryl methyl sites for hydroxylation is 1. The molecule has 0 saturated heterocycles. The van der Waals surface area contributed by atoms with Gasteiger partial charge in [0, 0.05) is 40.9 Å². The van der Waals surface area contributed by atoms with Crippen LogP contribution in [0.25, 0.3) is 44.3 Å². The van der Waals surface area contributed by atoms with Gasteiger partial charge in [0.25, 0.3) is 5.91 Å². The van der Waals surface area contributed by atoms with Crippen LogP contribution < -0.4 is 5.32 Å². The number of ketones is 1. The summed E-state index contributed by atoms with van der Waals surface area (Å²) in [4.78, 5) is 39.9. The minimum absolute atomic E-state index is 0.0582. The van der Waals surface area contributed by atoms with Crippen molar-refractivity contribution >= 4 is 33.6 Å². The van der Waals surface area contributed by atoms with Crippen LogP contribution in [0, 0.1) is 18.6 Å². The molecule has 1 aliphatic rings. The van der Waals surface area contributed by atoms with E-state index in [9.17, 15) is 14.0 Å². The summed E-state index contributed by atoms with van der Waals surface area (Å²) in [6.45, 7) is 3.52. The maximum absolute atomic E-state index is 16.5. The van der Waals surface area contributed by atoms with Crippen LogP contribution in [0.4, 0.5) is 8.78 Å². The number of benzene rings is 3. The molecule has 0 bridgehead atoms. The molecule has 1 fully saturated rings. The lowest BCUT2D eigenvalue weighted by molar-refractivity contribution is 0.0927. The summed E-state index contributed by atoms with van der Waals surface area (Å²) in [7, 11) is 0. The van der Waals surface area contributed by atoms with Crippen LogP contribution in [-0.2, 0) is 5.54 Å². The van der Waals surface area contributed by atoms with Crippen molar-refractivity contribution in [2.75, 3.05) is 0 Å². The molecule has 0 spiro atoms. The number of carbonyl (C=O) groups is 2. The standard InChI is InChI=1S/C35H26F2N4O3/c1-3-27(42)29-30-28(44-32(29)20-6-8-23(36)9-7-20)11-10-24(31(30)37)25-16-21(5-4-19(25)2)33(43)41-35(13-14-35)34-39-17-22-12-15-38-18-26(22)40-34/h4-12,15-18H,3,13-14H2,1-2H3,(H,41,43). The number of Topliss-reactive ketones (excluding diaryl/α,β-unsaturated/α-hetero) is 1. The zero-order valence-corrected chi connectivity index (χ0v) is 23.9. The minimum atomic E-state index is -0.681. The molecule has 6 aromatic rings. The van der Waals surface area contributed by atoms with Crippen LogP contribution in [0.1, 0.15) is 58.3 Å². The third kappa shape index (κ3) is 4.61. The highest BCUT2D eigenvalue weighted by Crippen LogP contribution is 2.44. The third-order valence-corrected chi connectivity index (χ3v) is 8.20. The van der Waals surface area contributed by atoms with Crippen molar-refractivity contribution in [1.29, 1.82) is 0 Å². The van der Waals surface area contributed by atoms with Gasteiger partial charge in [-0.15, -0.1) is 0 Å². The van der Waals surface area contributed by atoms with Gasteiger partial charge in [0.1, 0.15) is 28.5 Å². The van der Waals surface area contributed by atoms with E-state index in [0.29, 0.717) is 40.9 Å². The molecule has 0 aliphatic heterocycles. The van der Waals surface area contributed by atoms with Crippen LogP contribution in [0.15, 0.2) is 83.7 Å². The molecule has 1 amide bonds. The quantitative estimate of drug-likeness (QED) is 0.192. The van der Waals surface area contributed by atoms with Gasteiger partial charge in [-0.1, -0.05) is 13.0 Å². The minimum Gasteiger partial charge on any atom is -0.455 e. The molecule has 3 heterocycles. The molecular formula is C35H26F2N4O3. The first kappa shape index (κ1) is 27.5. The molecule has 7 rings (SSSR count). The molecule has 3 aromatic carbocycles. The Balaban J connectivity index is 1.27. The van der Waals surface area contributed by atoms with Crippen LogP contribution in [0.2, 0.25) is 0 Å². The Bertz CT molecular complexity index is 2120. The maximum atomic E-state index is 16.5. The fraction of sp³-hybridized carbons (Fsp3) is 0.171. The Hall–Kier alpha value is -5.31. The second kappa shape index (κ2) is 10.4. The zero-order valence-electron chi connectivity index (χ0n) is 23.9. The van der Waals surface area contributed by atoms with Crippen LogP contribution in [-0.4, -0.2) is 26.6 Å². The Morgan fingerprint density at radius 1 is 0.977 bits per heavy atom. The number of nitrogens with one attached hydrogen (secondary N) is 1. The summed E-state index contributed by atoms with van der Waals surface area (Å²) in [6.07, 6.45) is 6.58. The number of rotatable bonds is 7. The molecular weight excluding hydrogens is 562 g/mol. The smallest absolute Gasteiger partial charge is 0.252 e. The summed E-state index contributed by atoms with van der Waals surface area (Å²) in [5.74, 6) is -0.978. The van der Waals surface area contributed by atoms with Gasteiger partial charge in [0.2, 0.25) is 0 Å². The van der Waals surface area contributed by atoms with E-state index in [1.54, 1.807) is 55.8 Å². The van der Waals surface area contributed by atoms with E-state index in [4.69, 9.17) is 4.42 Å². The molecule has 1 saturated carbocycles. The predicted octanol–water partition coefficient (Wildman–Crippen LogP) is 7.70. The lowest BCUT2D eigenvalue weighted by atomic mass is 9.94. The van der Waals surface area contributed by atoms with Gasteiger partial charge in [-0.05, 0) is 85.5 Å². The normalized spacial score (nSPS) is 13.7. The lowest BCUT2D eigenvalue weighted by Gasteiger charge is -2.17. The van der Waals surface area contributed by atoms with Crippen LogP contribution in [0.3, 0.4) is 0 Å². The number of hydrogen-bond donors (Lipinski definition) is 1. The van der Waals surface area contributed by atoms with Gasteiger partial charge in [-0.2, -0.15) is 0 Å². The molecule has 218 valence electrons. The fourth-order valence-electron chi connectivity index (χ4n) is 5.58. The van der Waals surface area contributed by atoms with E-state index in [0.717, 1.165) is 10.9 Å². The first-order chi connectivity index (χ1) is 21.3. The third-order valence-electron chi connectivity index (χ3n) is 8.20. The average molecular weight is 589 g/mol. The Kier molecular flexibility index (Phi) is 6.53. The van der Waals surface area contributed by atoms with Crippen molar-refractivity contribution in [3.05, 3.63) is 113 Å². The molecule has 9 heteroatoms. The molecule has 3 aromatic heterocycles. The number of carbonyl (C=O) groups excluding carboxylic acids is 2. The highest BCUT2D eigenvalue weighted by Gasteiger charge is 2.48. The van der Waals surface area contributed by atoms with Gasteiger partial charge in [-0.3, -0.25) is 14.6 Å². The molecule has 1 N–H and O–H groups in total. The van der Waals surface area contributed by atoms with Crippen molar-refractivity contribution in [1.82, 2.24) is 20.3 Å². The number of halogens is 2. The summed E-state index contributed by atoms with van der Waals surface area (Å²) < 4.78 is 36.0. The van der Waals surface area contributed by atoms with Crippen molar-refractivity contribution < 1.29 is 22.8 Å².